The van der Waals surface area contributed by atoms with Gasteiger partial charge in [0.1, 0.15) is 6.29 Å². The highest BCUT2D eigenvalue weighted by Crippen LogP contribution is 2.17. The van der Waals surface area contributed by atoms with Crippen LogP contribution >= 0.6 is 0 Å². The first-order valence-corrected chi connectivity index (χ1v) is 5.85. The lowest BCUT2D eigenvalue weighted by molar-refractivity contribution is 0.101. The van der Waals surface area contributed by atoms with E-state index >= 15 is 0 Å². The van der Waals surface area contributed by atoms with Crippen molar-refractivity contribution < 1.29 is 14.7 Å². The normalized spacial score (nSPS) is 8.39. The number of aldehydes is 1. The molecule has 1 aromatic rings. The molecule has 0 fully saturated rings. The maximum Gasteiger partial charge on any atom is 0.160 e. The SMILES string of the molecule is CC.CC(=O)c1ccc(C=O)c(C)c1CN.CO. The average Bonchev–Trinajstić information content (AvgIpc) is 2.42. The zero-order chi connectivity index (χ0) is 14.7. The van der Waals surface area contributed by atoms with Crippen LogP contribution in [-0.2, 0) is 6.54 Å². The summed E-state index contributed by atoms with van der Waals surface area (Å²) in [5, 5.41) is 7.00. The Labute approximate surface area is 109 Å². The molecule has 0 aliphatic rings. The Kier molecular flexibility index (Phi) is 11.1. The summed E-state index contributed by atoms with van der Waals surface area (Å²) in [5.74, 6) is -0.0222. The molecule has 0 saturated carbocycles. The molecule has 0 bridgehead atoms. The molecule has 0 heterocycles. The lowest BCUT2D eigenvalue weighted by Crippen LogP contribution is -2.09. The molecule has 4 heteroatoms. The maximum atomic E-state index is 11.2. The topological polar surface area (TPSA) is 80.4 Å². The number of aliphatic hydroxyl groups is 1. The van der Waals surface area contributed by atoms with Crippen molar-refractivity contribution in [3.05, 3.63) is 34.4 Å². The van der Waals surface area contributed by atoms with Gasteiger partial charge in [0.2, 0.25) is 0 Å². The molecule has 0 radical (unpaired) electrons. The van der Waals surface area contributed by atoms with Crippen molar-refractivity contribution in [2.24, 2.45) is 5.73 Å². The van der Waals surface area contributed by atoms with Crippen LogP contribution in [0.25, 0.3) is 0 Å². The fourth-order valence-electron chi connectivity index (χ4n) is 1.50. The van der Waals surface area contributed by atoms with E-state index in [0.29, 0.717) is 11.1 Å². The molecule has 1 rings (SSSR count). The molecule has 102 valence electrons. The largest absolute Gasteiger partial charge is 0.400 e. The Morgan fingerprint density at radius 1 is 1.33 bits per heavy atom. The molecular weight excluding hydrogens is 230 g/mol. The second kappa shape index (κ2) is 10.6. The summed E-state index contributed by atoms with van der Waals surface area (Å²) in [6.07, 6.45) is 0.776. The quantitative estimate of drug-likeness (QED) is 0.638. The maximum absolute atomic E-state index is 11.2. The molecule has 4 nitrogen and oxygen atoms in total. The van der Waals surface area contributed by atoms with Gasteiger partial charge in [-0.1, -0.05) is 26.0 Å². The van der Waals surface area contributed by atoms with Crippen LogP contribution in [0.5, 0.6) is 0 Å². The third-order valence-corrected chi connectivity index (χ3v) is 2.35. The first kappa shape index (κ1) is 18.8. The number of hydrogen-bond acceptors (Lipinski definition) is 4. The van der Waals surface area contributed by atoms with Gasteiger partial charge in [-0.3, -0.25) is 9.59 Å². The van der Waals surface area contributed by atoms with E-state index in [9.17, 15) is 9.59 Å². The first-order chi connectivity index (χ1) is 8.61. The van der Waals surface area contributed by atoms with Gasteiger partial charge in [-0.25, -0.2) is 0 Å². The van der Waals surface area contributed by atoms with E-state index in [1.807, 2.05) is 13.8 Å². The Bertz CT molecular complexity index is 387. The summed E-state index contributed by atoms with van der Waals surface area (Å²) in [6, 6.07) is 3.31. The van der Waals surface area contributed by atoms with E-state index in [4.69, 9.17) is 10.8 Å². The van der Waals surface area contributed by atoms with Gasteiger partial charge >= 0.3 is 0 Å². The number of rotatable bonds is 3. The molecule has 0 amide bonds. The highest BCUT2D eigenvalue weighted by Gasteiger charge is 2.10. The molecule has 18 heavy (non-hydrogen) atoms. The minimum atomic E-state index is -0.0222. The third-order valence-electron chi connectivity index (χ3n) is 2.35. The molecular formula is C14H23NO3. The fourth-order valence-corrected chi connectivity index (χ4v) is 1.50. The number of benzene rings is 1. The van der Waals surface area contributed by atoms with E-state index < -0.39 is 0 Å². The van der Waals surface area contributed by atoms with E-state index in [1.54, 1.807) is 19.1 Å². The smallest absolute Gasteiger partial charge is 0.160 e. The number of nitrogens with two attached hydrogens (primary N) is 1. The Morgan fingerprint density at radius 2 is 1.83 bits per heavy atom. The highest BCUT2D eigenvalue weighted by molar-refractivity contribution is 5.97. The van der Waals surface area contributed by atoms with Crippen molar-refractivity contribution in [1.29, 1.82) is 0 Å². The number of ketones is 1. The van der Waals surface area contributed by atoms with Crippen LogP contribution in [0, 0.1) is 6.92 Å². The molecule has 3 N–H and O–H groups in total. The minimum Gasteiger partial charge on any atom is -0.400 e. The van der Waals surface area contributed by atoms with Gasteiger partial charge in [-0.2, -0.15) is 0 Å². The van der Waals surface area contributed by atoms with Gasteiger partial charge in [0.05, 0.1) is 0 Å². The van der Waals surface area contributed by atoms with Crippen LogP contribution < -0.4 is 5.73 Å². The third kappa shape index (κ3) is 4.77. The van der Waals surface area contributed by atoms with Gasteiger partial charge in [0, 0.05) is 24.8 Å². The molecule has 0 spiro atoms. The van der Waals surface area contributed by atoms with E-state index in [2.05, 4.69) is 0 Å². The Balaban J connectivity index is 0. The first-order valence-electron chi connectivity index (χ1n) is 5.85. The zero-order valence-electron chi connectivity index (χ0n) is 11.8. The predicted octanol–water partition coefficient (Wildman–Crippen LogP) is 2.10. The molecule has 0 atom stereocenters. The number of Topliss-reactive ketones (excluding diaryl/α,β-unsaturated/α-hetero) is 1. The van der Waals surface area contributed by atoms with E-state index in [-0.39, 0.29) is 12.3 Å². The monoisotopic (exact) mass is 253 g/mol. The standard InChI is InChI=1S/C11H13NO2.C2H6.CH4O/c1-7-9(6-13)3-4-10(8(2)14)11(7)5-12;2*1-2/h3-4,6H,5,12H2,1-2H3;1-2H3;2H,1H3. The predicted molar refractivity (Wildman–Crippen MR) is 74.0 cm³/mol. The minimum absolute atomic E-state index is 0.0222. The number of aliphatic hydroxyl groups excluding tert-OH is 1. The van der Waals surface area contributed by atoms with Crippen LogP contribution in [0.3, 0.4) is 0 Å². The average molecular weight is 253 g/mol. The summed E-state index contributed by atoms with van der Waals surface area (Å²) < 4.78 is 0. The van der Waals surface area contributed by atoms with Gasteiger partial charge in [0.15, 0.2) is 5.78 Å². The fraction of sp³-hybridized carbons (Fsp3) is 0.429. The number of carbonyl (C=O) groups excluding carboxylic acids is 2. The lowest BCUT2D eigenvalue weighted by atomic mass is 9.95. The summed E-state index contributed by atoms with van der Waals surface area (Å²) in [5.41, 5.74) is 8.31. The van der Waals surface area contributed by atoms with Crippen LogP contribution in [0.4, 0.5) is 0 Å². The van der Waals surface area contributed by atoms with E-state index in [0.717, 1.165) is 24.5 Å². The van der Waals surface area contributed by atoms with Gasteiger partial charge in [-0.05, 0) is 25.0 Å². The molecule has 0 aromatic heterocycles. The van der Waals surface area contributed by atoms with Crippen molar-refractivity contribution >= 4 is 12.1 Å². The second-order valence-electron chi connectivity index (χ2n) is 3.18. The van der Waals surface area contributed by atoms with Crippen LogP contribution in [0.1, 0.15) is 52.6 Å². The van der Waals surface area contributed by atoms with Gasteiger partial charge in [-0.15, -0.1) is 0 Å². The molecule has 0 saturated heterocycles. The summed E-state index contributed by atoms with van der Waals surface area (Å²) in [4.78, 5) is 21.9. The Morgan fingerprint density at radius 3 is 2.17 bits per heavy atom. The van der Waals surface area contributed by atoms with Gasteiger partial charge < -0.3 is 10.8 Å². The van der Waals surface area contributed by atoms with E-state index in [1.165, 1.54) is 6.92 Å². The van der Waals surface area contributed by atoms with Crippen LogP contribution in [0.2, 0.25) is 0 Å². The van der Waals surface area contributed by atoms with Crippen molar-refractivity contribution in [2.45, 2.75) is 34.2 Å². The van der Waals surface area contributed by atoms with Crippen LogP contribution in [0.15, 0.2) is 12.1 Å². The summed E-state index contributed by atoms with van der Waals surface area (Å²) in [6.45, 7) is 7.58. The molecule has 0 aliphatic heterocycles. The van der Waals surface area contributed by atoms with Crippen molar-refractivity contribution in [2.75, 3.05) is 7.11 Å². The summed E-state index contributed by atoms with van der Waals surface area (Å²) in [7, 11) is 1.00. The molecule has 0 aliphatic carbocycles. The van der Waals surface area contributed by atoms with Crippen molar-refractivity contribution in [1.82, 2.24) is 0 Å². The number of hydrogen-bond donors (Lipinski definition) is 2. The molecule has 1 aromatic carbocycles. The van der Waals surface area contributed by atoms with Crippen molar-refractivity contribution in [3.63, 3.8) is 0 Å². The second-order valence-corrected chi connectivity index (χ2v) is 3.18. The summed E-state index contributed by atoms with van der Waals surface area (Å²) >= 11 is 0. The van der Waals surface area contributed by atoms with Crippen LogP contribution in [-0.4, -0.2) is 24.3 Å². The molecule has 0 unspecified atom stereocenters. The Hall–Kier alpha value is -1.52. The zero-order valence-corrected chi connectivity index (χ0v) is 11.8. The van der Waals surface area contributed by atoms with Crippen molar-refractivity contribution in [3.8, 4) is 0 Å². The number of carbonyl (C=O) groups is 2. The highest BCUT2D eigenvalue weighted by atomic mass is 16.2. The van der Waals surface area contributed by atoms with Gasteiger partial charge in [0.25, 0.3) is 0 Å². The lowest BCUT2D eigenvalue weighted by Gasteiger charge is -2.09.